The lowest BCUT2D eigenvalue weighted by molar-refractivity contribution is -0.168. The summed E-state index contributed by atoms with van der Waals surface area (Å²) in [6.07, 6.45) is 3.49. The van der Waals surface area contributed by atoms with Gasteiger partial charge in [-0.05, 0) is 37.1 Å². The van der Waals surface area contributed by atoms with Gasteiger partial charge >= 0.3 is 11.9 Å². The summed E-state index contributed by atoms with van der Waals surface area (Å²) < 4.78 is 10.5. The third-order valence-corrected chi connectivity index (χ3v) is 6.07. The van der Waals surface area contributed by atoms with Crippen molar-refractivity contribution in [3.8, 4) is 22.8 Å². The number of nitrogens with one attached hydrogen (secondary N) is 2. The van der Waals surface area contributed by atoms with E-state index in [2.05, 4.69) is 10.6 Å². The summed E-state index contributed by atoms with van der Waals surface area (Å²) in [7, 11) is 0. The Morgan fingerprint density at radius 2 is 1.82 bits per heavy atom. The van der Waals surface area contributed by atoms with E-state index in [1.807, 2.05) is 6.92 Å². The van der Waals surface area contributed by atoms with Gasteiger partial charge in [-0.1, -0.05) is 33.1 Å². The summed E-state index contributed by atoms with van der Waals surface area (Å²) in [5, 5.41) is 44.0. The van der Waals surface area contributed by atoms with Crippen LogP contribution in [0.15, 0.2) is 28.7 Å². The maximum Gasteiger partial charge on any atom is 0.341 e. The number of carboxylic acid groups (broad SMARTS) is 2. The number of carbonyl (C=O) groups is 5. The molecule has 14 heteroatoms. The van der Waals surface area contributed by atoms with Crippen LogP contribution in [-0.2, 0) is 14.4 Å². The SMILES string of the molecule is CCCCCC(C(=O)NCNC(=O)c1ccc(-c2cc(OCC(=O)O)cc(C(=O)O)c2O)o1)C(CC)N(O)C=O. The molecule has 0 aliphatic rings. The highest BCUT2D eigenvalue weighted by molar-refractivity contribution is 5.95. The molecule has 14 nitrogen and oxygen atoms in total. The van der Waals surface area contributed by atoms with Gasteiger partial charge in [0.1, 0.15) is 22.8 Å². The first-order valence-corrected chi connectivity index (χ1v) is 12.6. The molecule has 0 saturated carbocycles. The van der Waals surface area contributed by atoms with E-state index in [1.165, 1.54) is 12.1 Å². The van der Waals surface area contributed by atoms with Crippen molar-refractivity contribution in [3.63, 3.8) is 0 Å². The lowest BCUT2D eigenvalue weighted by atomic mass is 9.90. The molecule has 0 fully saturated rings. The number of carbonyl (C=O) groups excluding carboxylic acids is 3. The van der Waals surface area contributed by atoms with Crippen LogP contribution < -0.4 is 15.4 Å². The standard InChI is InChI=1S/C26H33N3O11/c1-3-5-6-7-16(19(4-2)29(38)14-30)24(34)27-13-28-25(35)21-9-8-20(40-21)17-10-15(39-12-22(31)32)11-18(23(17)33)26(36)37/h8-11,14,16,19,33,38H,3-7,12-13H2,1-2H3,(H,27,34)(H,28,35)(H,31,32)(H,36,37). The first-order valence-electron chi connectivity index (χ1n) is 12.6. The van der Waals surface area contributed by atoms with Gasteiger partial charge in [0.25, 0.3) is 5.91 Å². The topological polar surface area (TPSA) is 216 Å². The summed E-state index contributed by atoms with van der Waals surface area (Å²) in [4.78, 5) is 58.9. The van der Waals surface area contributed by atoms with E-state index >= 15 is 0 Å². The van der Waals surface area contributed by atoms with E-state index in [-0.39, 0.29) is 35.9 Å². The average Bonchev–Trinajstić information content (AvgIpc) is 3.41. The van der Waals surface area contributed by atoms with Crippen LogP contribution in [0.2, 0.25) is 0 Å². The second kappa shape index (κ2) is 15.1. The van der Waals surface area contributed by atoms with Gasteiger partial charge in [-0.3, -0.25) is 19.6 Å². The Morgan fingerprint density at radius 3 is 2.42 bits per heavy atom. The van der Waals surface area contributed by atoms with Crippen molar-refractivity contribution in [3.05, 3.63) is 35.6 Å². The second-order valence-corrected chi connectivity index (χ2v) is 8.81. The molecule has 0 bridgehead atoms. The van der Waals surface area contributed by atoms with E-state index in [9.17, 15) is 39.4 Å². The zero-order valence-electron chi connectivity index (χ0n) is 22.1. The van der Waals surface area contributed by atoms with Crippen molar-refractivity contribution in [1.82, 2.24) is 15.7 Å². The van der Waals surface area contributed by atoms with Gasteiger partial charge in [-0.25, -0.2) is 14.7 Å². The van der Waals surface area contributed by atoms with Crippen LogP contribution >= 0.6 is 0 Å². The van der Waals surface area contributed by atoms with Gasteiger partial charge in [0, 0.05) is 0 Å². The van der Waals surface area contributed by atoms with Crippen LogP contribution in [0.5, 0.6) is 11.5 Å². The lowest BCUT2D eigenvalue weighted by Gasteiger charge is -2.29. The molecule has 2 atom stereocenters. The Labute approximate surface area is 229 Å². The zero-order valence-corrected chi connectivity index (χ0v) is 22.1. The average molecular weight is 564 g/mol. The van der Waals surface area contributed by atoms with Crippen LogP contribution in [0.1, 0.15) is 66.9 Å². The predicted molar refractivity (Wildman–Crippen MR) is 138 cm³/mol. The van der Waals surface area contributed by atoms with Crippen molar-refractivity contribution in [2.75, 3.05) is 13.3 Å². The number of benzene rings is 1. The van der Waals surface area contributed by atoms with Gasteiger partial charge in [-0.15, -0.1) is 0 Å². The highest BCUT2D eigenvalue weighted by atomic mass is 16.5. The minimum atomic E-state index is -1.50. The van der Waals surface area contributed by atoms with E-state index in [1.54, 1.807) is 6.92 Å². The molecule has 0 spiro atoms. The first-order chi connectivity index (χ1) is 19.0. The van der Waals surface area contributed by atoms with Gasteiger partial charge in [0.2, 0.25) is 12.3 Å². The van der Waals surface area contributed by atoms with E-state index in [0.717, 1.165) is 25.0 Å². The number of amides is 3. The largest absolute Gasteiger partial charge is 0.506 e. The third-order valence-electron chi connectivity index (χ3n) is 6.07. The molecular weight excluding hydrogens is 530 g/mol. The molecule has 0 radical (unpaired) electrons. The molecule has 6 N–H and O–H groups in total. The first kappa shape index (κ1) is 31.6. The van der Waals surface area contributed by atoms with Crippen LogP contribution in [0.3, 0.4) is 0 Å². The molecule has 40 heavy (non-hydrogen) atoms. The number of aromatic hydroxyl groups is 1. The van der Waals surface area contributed by atoms with Gasteiger partial charge < -0.3 is 35.1 Å². The number of ether oxygens (including phenoxy) is 1. The van der Waals surface area contributed by atoms with E-state index < -0.39 is 53.6 Å². The highest BCUT2D eigenvalue weighted by Gasteiger charge is 2.30. The number of aromatic carboxylic acids is 1. The Hall–Kier alpha value is -4.59. The minimum Gasteiger partial charge on any atom is -0.506 e. The Morgan fingerprint density at radius 1 is 1.10 bits per heavy atom. The molecule has 2 unspecified atom stereocenters. The number of carboxylic acids is 2. The van der Waals surface area contributed by atoms with Crippen LogP contribution in [0.4, 0.5) is 0 Å². The summed E-state index contributed by atoms with van der Waals surface area (Å²) in [6, 6.07) is 3.92. The molecule has 1 aromatic heterocycles. The van der Waals surface area contributed by atoms with Crippen molar-refractivity contribution < 1.29 is 53.7 Å². The van der Waals surface area contributed by atoms with E-state index in [4.69, 9.17) is 14.3 Å². The number of hydrogen-bond donors (Lipinski definition) is 6. The minimum absolute atomic E-state index is 0.103. The molecule has 3 amide bonds. The maximum atomic E-state index is 12.9. The summed E-state index contributed by atoms with van der Waals surface area (Å²) in [5.74, 6) is -5.90. The number of hydrogen-bond acceptors (Lipinski definition) is 9. The summed E-state index contributed by atoms with van der Waals surface area (Å²) >= 11 is 0. The quantitative estimate of drug-likeness (QED) is 0.0540. The molecule has 2 aromatic rings. The van der Waals surface area contributed by atoms with Crippen LogP contribution in [0, 0.1) is 5.92 Å². The number of unbranched alkanes of at least 4 members (excludes halogenated alkanes) is 2. The number of aliphatic carboxylic acids is 1. The Kier molecular flexibility index (Phi) is 12.0. The zero-order chi connectivity index (χ0) is 29.8. The highest BCUT2D eigenvalue weighted by Crippen LogP contribution is 2.37. The monoisotopic (exact) mass is 563 g/mol. The van der Waals surface area contributed by atoms with Gasteiger partial charge in [0.15, 0.2) is 12.4 Å². The Balaban J connectivity index is 2.13. The van der Waals surface area contributed by atoms with Crippen LogP contribution in [-0.4, -0.2) is 75.1 Å². The molecule has 0 saturated heterocycles. The number of furan rings is 1. The fourth-order valence-corrected chi connectivity index (χ4v) is 4.07. The lowest BCUT2D eigenvalue weighted by Crippen LogP contribution is -2.47. The number of nitrogens with zero attached hydrogens (tertiary/aromatic N) is 1. The maximum absolute atomic E-state index is 12.9. The molecule has 0 aliphatic carbocycles. The fraction of sp³-hybridized carbons (Fsp3) is 0.423. The number of phenols is 1. The third kappa shape index (κ3) is 8.46. The number of rotatable bonds is 17. The molecule has 0 aliphatic heterocycles. The predicted octanol–water partition coefficient (Wildman–Crippen LogP) is 2.44. The van der Waals surface area contributed by atoms with Crippen molar-refractivity contribution >= 4 is 30.2 Å². The molecular formula is C26H33N3O11. The van der Waals surface area contributed by atoms with Gasteiger partial charge in [-0.2, -0.15) is 0 Å². The van der Waals surface area contributed by atoms with Crippen molar-refractivity contribution in [1.29, 1.82) is 0 Å². The fourth-order valence-electron chi connectivity index (χ4n) is 4.07. The molecule has 1 heterocycles. The van der Waals surface area contributed by atoms with Gasteiger partial charge in [0.05, 0.1) is 24.2 Å². The van der Waals surface area contributed by atoms with Crippen LogP contribution in [0.25, 0.3) is 11.3 Å². The second-order valence-electron chi connectivity index (χ2n) is 8.81. The summed E-state index contributed by atoms with van der Waals surface area (Å²) in [5.41, 5.74) is -0.727. The normalized spacial score (nSPS) is 12.2. The summed E-state index contributed by atoms with van der Waals surface area (Å²) in [6.45, 7) is 2.68. The van der Waals surface area contributed by atoms with Crippen molar-refractivity contribution in [2.45, 2.75) is 52.0 Å². The molecule has 218 valence electrons. The molecule has 2 rings (SSSR count). The Bertz CT molecular complexity index is 1210. The van der Waals surface area contributed by atoms with Crippen molar-refractivity contribution in [2.24, 2.45) is 5.92 Å². The smallest absolute Gasteiger partial charge is 0.341 e. The number of hydroxylamine groups is 2. The molecule has 1 aromatic carbocycles. The van der Waals surface area contributed by atoms with E-state index in [0.29, 0.717) is 24.3 Å².